The van der Waals surface area contributed by atoms with Gasteiger partial charge in [-0.15, -0.1) is 0 Å². The number of ether oxygens (including phenoxy) is 1. The first-order valence-corrected chi connectivity index (χ1v) is 9.52. The average molecular weight is 416 g/mol. The monoisotopic (exact) mass is 415 g/mol. The molecule has 1 aromatic heterocycles. The van der Waals surface area contributed by atoms with Crippen LogP contribution in [-0.2, 0) is 14.3 Å². The van der Waals surface area contributed by atoms with E-state index in [9.17, 15) is 20.1 Å². The molecule has 0 unspecified atom stereocenters. The van der Waals surface area contributed by atoms with Crippen LogP contribution in [0.2, 0.25) is 5.02 Å². The summed E-state index contributed by atoms with van der Waals surface area (Å²) in [6.07, 6.45) is -0.349. The molecule has 0 bridgehead atoms. The summed E-state index contributed by atoms with van der Waals surface area (Å²) in [4.78, 5) is 26.2. The van der Waals surface area contributed by atoms with Crippen LogP contribution in [0.3, 0.4) is 0 Å². The van der Waals surface area contributed by atoms with Gasteiger partial charge >= 0.3 is 5.97 Å². The smallest absolute Gasteiger partial charge is 0.313 e. The van der Waals surface area contributed by atoms with Crippen LogP contribution in [0.25, 0.3) is 11.1 Å². The van der Waals surface area contributed by atoms with Crippen molar-refractivity contribution in [1.82, 2.24) is 0 Å². The molecule has 0 radical (unpaired) electrons. The van der Waals surface area contributed by atoms with Crippen molar-refractivity contribution in [1.29, 1.82) is 10.5 Å². The maximum absolute atomic E-state index is 12.0. The summed E-state index contributed by atoms with van der Waals surface area (Å²) in [6, 6.07) is 10.7. The number of pyridine rings is 1. The van der Waals surface area contributed by atoms with Gasteiger partial charge in [0.1, 0.15) is 29.7 Å². The van der Waals surface area contributed by atoms with E-state index in [0.29, 0.717) is 21.2 Å². The molecule has 0 spiro atoms. The van der Waals surface area contributed by atoms with Crippen molar-refractivity contribution in [2.24, 2.45) is 0 Å². The minimum absolute atomic E-state index is 0.0601. The summed E-state index contributed by atoms with van der Waals surface area (Å²) in [5.74, 6) is -0.933. The number of ketones is 1. The van der Waals surface area contributed by atoms with Crippen molar-refractivity contribution in [2.75, 3.05) is 18.1 Å². The summed E-state index contributed by atoms with van der Waals surface area (Å²) in [5, 5.41) is 20.0. The maximum Gasteiger partial charge on any atom is 0.313 e. The number of H-pyrrole nitrogens is 1. The molecule has 28 heavy (non-hydrogen) atoms. The lowest BCUT2D eigenvalue weighted by Crippen LogP contribution is -2.20. The van der Waals surface area contributed by atoms with E-state index in [1.165, 1.54) is 0 Å². The third-order valence-electron chi connectivity index (χ3n) is 3.63. The summed E-state index contributed by atoms with van der Waals surface area (Å²) in [5.41, 5.74) is 7.23. The van der Waals surface area contributed by atoms with Crippen molar-refractivity contribution in [3.05, 3.63) is 40.4 Å². The molecule has 9 heteroatoms. The van der Waals surface area contributed by atoms with E-state index in [1.807, 2.05) is 6.07 Å². The number of carbonyl (C=O) groups excluding carboxylic acids is 2. The number of aromatic nitrogens is 1. The molecule has 0 saturated heterocycles. The normalized spacial score (nSPS) is 10.0. The van der Waals surface area contributed by atoms with Gasteiger partial charge in [0.25, 0.3) is 5.82 Å². The molecule has 3 N–H and O–H groups in total. The van der Waals surface area contributed by atoms with Crippen molar-refractivity contribution < 1.29 is 19.3 Å². The Hall–Kier alpha value is -3.07. The molecule has 0 aliphatic rings. The Morgan fingerprint density at radius 1 is 1.21 bits per heavy atom. The number of benzene rings is 1. The number of aromatic amines is 1. The SMILES string of the molecule is CCOC(=O)CC(=O)CSc1[nH+]c(N)c(C#N)c(-c2ccc(Cl)cc2)c1C#N. The van der Waals surface area contributed by atoms with Gasteiger partial charge in [-0.2, -0.15) is 10.5 Å². The van der Waals surface area contributed by atoms with Crippen LogP contribution in [0, 0.1) is 22.7 Å². The van der Waals surface area contributed by atoms with Crippen molar-refractivity contribution in [3.8, 4) is 23.3 Å². The van der Waals surface area contributed by atoms with Crippen LogP contribution in [0.4, 0.5) is 5.82 Å². The maximum atomic E-state index is 12.0. The molecular weight excluding hydrogens is 400 g/mol. The molecule has 1 aromatic carbocycles. The van der Waals surface area contributed by atoms with Gasteiger partial charge < -0.3 is 4.74 Å². The molecule has 0 aliphatic carbocycles. The fourth-order valence-electron chi connectivity index (χ4n) is 2.43. The Bertz CT molecular complexity index is 994. The van der Waals surface area contributed by atoms with E-state index in [0.717, 1.165) is 11.8 Å². The summed E-state index contributed by atoms with van der Waals surface area (Å²) in [7, 11) is 0. The third-order valence-corrected chi connectivity index (χ3v) is 4.94. The minimum Gasteiger partial charge on any atom is -0.466 e. The fourth-order valence-corrected chi connectivity index (χ4v) is 3.44. The number of esters is 1. The zero-order valence-electron chi connectivity index (χ0n) is 14.9. The molecule has 2 aromatic rings. The van der Waals surface area contributed by atoms with E-state index in [1.54, 1.807) is 31.2 Å². The minimum atomic E-state index is -0.598. The van der Waals surface area contributed by atoms with Gasteiger partial charge in [0.15, 0.2) is 10.8 Å². The Morgan fingerprint density at radius 2 is 1.86 bits per heavy atom. The molecule has 7 nitrogen and oxygen atoms in total. The second kappa shape index (κ2) is 9.75. The first-order chi connectivity index (χ1) is 13.4. The molecular formula is C19H16ClN4O3S+. The van der Waals surface area contributed by atoms with Gasteiger partial charge in [-0.1, -0.05) is 35.5 Å². The number of nitrogens with one attached hydrogen (secondary N) is 1. The molecule has 142 valence electrons. The number of nitrogens with two attached hydrogens (primary N) is 1. The first-order valence-electron chi connectivity index (χ1n) is 8.16. The number of thioether (sulfide) groups is 1. The van der Waals surface area contributed by atoms with Gasteiger partial charge in [-0.3, -0.25) is 15.3 Å². The Balaban J connectivity index is 2.40. The average Bonchev–Trinajstić information content (AvgIpc) is 2.66. The van der Waals surface area contributed by atoms with E-state index >= 15 is 0 Å². The van der Waals surface area contributed by atoms with Crippen molar-refractivity contribution in [2.45, 2.75) is 18.4 Å². The molecule has 0 amide bonds. The van der Waals surface area contributed by atoms with Crippen LogP contribution in [0.1, 0.15) is 24.5 Å². The van der Waals surface area contributed by atoms with Crippen LogP contribution in [-0.4, -0.2) is 24.1 Å². The lowest BCUT2D eigenvalue weighted by molar-refractivity contribution is -0.410. The Labute approximate surface area is 171 Å². The largest absolute Gasteiger partial charge is 0.466 e. The predicted octanol–water partition coefficient (Wildman–Crippen LogP) is 2.76. The van der Waals surface area contributed by atoms with Crippen LogP contribution >= 0.6 is 23.4 Å². The van der Waals surface area contributed by atoms with Crippen LogP contribution < -0.4 is 10.7 Å². The molecule has 0 saturated carbocycles. The van der Waals surface area contributed by atoms with Gasteiger partial charge in [-0.05, 0) is 24.6 Å². The predicted molar refractivity (Wildman–Crippen MR) is 104 cm³/mol. The van der Waals surface area contributed by atoms with E-state index < -0.39 is 5.97 Å². The van der Waals surface area contributed by atoms with Gasteiger partial charge in [0.05, 0.1) is 12.4 Å². The van der Waals surface area contributed by atoms with Gasteiger partial charge in [-0.25, -0.2) is 4.98 Å². The highest BCUT2D eigenvalue weighted by Crippen LogP contribution is 2.34. The zero-order valence-corrected chi connectivity index (χ0v) is 16.5. The molecule has 0 fully saturated rings. The lowest BCUT2D eigenvalue weighted by atomic mass is 9.97. The number of anilines is 1. The standard InChI is InChI=1S/C19H15ClN4O3S/c1-2-27-16(26)7-13(25)10-28-19-15(9-22)17(14(8-21)18(23)24-19)11-3-5-12(20)6-4-11/h3-6H,2,7,10H2,1H3,(H2,23,24)/p+1. The number of nitriles is 2. The molecule has 1 heterocycles. The quantitative estimate of drug-likeness (QED) is 0.417. The summed E-state index contributed by atoms with van der Waals surface area (Å²) in [6.45, 7) is 1.85. The van der Waals surface area contributed by atoms with Crippen molar-refractivity contribution >= 4 is 40.9 Å². The van der Waals surface area contributed by atoms with Crippen LogP contribution in [0.15, 0.2) is 29.3 Å². The highest BCUT2D eigenvalue weighted by molar-refractivity contribution is 7.99. The summed E-state index contributed by atoms with van der Waals surface area (Å²) >= 11 is 6.95. The second-order valence-corrected chi connectivity index (χ2v) is 6.95. The highest BCUT2D eigenvalue weighted by Gasteiger charge is 2.24. The lowest BCUT2D eigenvalue weighted by Gasteiger charge is -2.10. The number of nitrogen functional groups attached to an aromatic ring is 1. The Morgan fingerprint density at radius 3 is 2.43 bits per heavy atom. The van der Waals surface area contributed by atoms with E-state index in [-0.39, 0.29) is 41.5 Å². The van der Waals surface area contributed by atoms with E-state index in [2.05, 4.69) is 11.1 Å². The highest BCUT2D eigenvalue weighted by atomic mass is 35.5. The number of rotatable bonds is 7. The topological polar surface area (TPSA) is 131 Å². The zero-order chi connectivity index (χ0) is 20.7. The number of halogens is 1. The number of Topliss-reactive ketones (excluding diaryl/α,β-unsaturated/α-hetero) is 1. The molecule has 0 atom stereocenters. The fraction of sp³-hybridized carbons (Fsp3) is 0.211. The van der Waals surface area contributed by atoms with E-state index in [4.69, 9.17) is 22.1 Å². The first kappa shape index (κ1) is 21.2. The number of nitrogens with zero attached hydrogens (tertiary/aromatic N) is 2. The van der Waals surface area contributed by atoms with Gasteiger partial charge in [0.2, 0.25) is 0 Å². The second-order valence-electron chi connectivity index (χ2n) is 5.53. The third kappa shape index (κ3) is 5.01. The Kier molecular flexibility index (Phi) is 7.39. The number of hydrogen-bond donors (Lipinski definition) is 1. The molecule has 0 aliphatic heterocycles. The number of hydrogen-bond acceptors (Lipinski definition) is 7. The van der Waals surface area contributed by atoms with Crippen LogP contribution in [0.5, 0.6) is 0 Å². The molecule has 2 rings (SSSR count). The van der Waals surface area contributed by atoms with Gasteiger partial charge in [0, 0.05) is 10.6 Å². The number of carbonyl (C=O) groups is 2. The summed E-state index contributed by atoms with van der Waals surface area (Å²) < 4.78 is 4.75. The van der Waals surface area contributed by atoms with Crippen molar-refractivity contribution in [3.63, 3.8) is 0 Å².